The van der Waals surface area contributed by atoms with E-state index in [1.54, 1.807) is 0 Å². The Morgan fingerprint density at radius 3 is 1.04 bits per heavy atom. The van der Waals surface area contributed by atoms with E-state index in [9.17, 15) is 0 Å². The molecular weight excluding hydrogens is 288 g/mol. The van der Waals surface area contributed by atoms with Crippen molar-refractivity contribution in [1.82, 2.24) is 0 Å². The molecule has 0 saturated carbocycles. The highest BCUT2D eigenvalue weighted by Gasteiger charge is 1.98. The smallest absolute Gasteiger partial charge is 0.0443 e. The third-order valence-corrected chi connectivity index (χ3v) is 5.44. The topological polar surface area (TPSA) is 0 Å². The van der Waals surface area contributed by atoms with Crippen molar-refractivity contribution in [1.29, 1.82) is 0 Å². The summed E-state index contributed by atoms with van der Waals surface area (Å²) in [7, 11) is 0. The standard InChI is InChI=1S/C24H48/c1-4-6-7-8-9-10-11-12-13-14-15-16-17-18-19-20-21-22-23-24(3)5-2/h24H,1-2,4-23H2,3H3. The van der Waals surface area contributed by atoms with Crippen LogP contribution in [0.5, 0.6) is 0 Å². The Bertz CT molecular complexity index is 208. The van der Waals surface area contributed by atoms with Crippen LogP contribution in [-0.2, 0) is 0 Å². The molecule has 2 radical (unpaired) electrons. The monoisotopic (exact) mass is 336 g/mol. The minimum atomic E-state index is 0.837. The molecule has 0 heteroatoms. The minimum Gasteiger partial charge on any atom is -0.0625 e. The Hall–Kier alpha value is 0. The molecule has 0 heterocycles. The number of unbranched alkanes of at least 4 members (excludes halogenated alkanes) is 17. The van der Waals surface area contributed by atoms with E-state index in [0.29, 0.717) is 0 Å². The molecule has 0 saturated heterocycles. The van der Waals surface area contributed by atoms with Crippen LogP contribution in [0.4, 0.5) is 0 Å². The van der Waals surface area contributed by atoms with E-state index < -0.39 is 0 Å². The number of rotatable bonds is 20. The normalized spacial score (nSPS) is 12.6. The van der Waals surface area contributed by atoms with Gasteiger partial charge in [0.25, 0.3) is 0 Å². The van der Waals surface area contributed by atoms with Gasteiger partial charge in [-0.3, -0.25) is 0 Å². The maximum Gasteiger partial charge on any atom is -0.0443 e. The van der Waals surface area contributed by atoms with Gasteiger partial charge in [-0.1, -0.05) is 149 Å². The van der Waals surface area contributed by atoms with Crippen molar-refractivity contribution in [2.24, 2.45) is 5.92 Å². The second-order valence-corrected chi connectivity index (χ2v) is 8.05. The molecule has 0 amide bonds. The summed E-state index contributed by atoms with van der Waals surface area (Å²) < 4.78 is 0. The van der Waals surface area contributed by atoms with Crippen molar-refractivity contribution in [3.63, 3.8) is 0 Å². The molecular formula is C24H48. The lowest BCUT2D eigenvalue weighted by Crippen LogP contribution is -1.91. The highest BCUT2D eigenvalue weighted by molar-refractivity contribution is 4.55. The molecule has 0 aromatic rings. The Balaban J connectivity index is 2.98. The Kier molecular flexibility index (Phi) is 21.0. The molecule has 0 nitrogen and oxygen atoms in total. The molecule has 0 aromatic carbocycles. The second-order valence-electron chi connectivity index (χ2n) is 8.05. The summed E-state index contributed by atoms with van der Waals surface area (Å²) in [5, 5.41) is 0. The van der Waals surface area contributed by atoms with E-state index in [1.165, 1.54) is 116 Å². The first-order valence-electron chi connectivity index (χ1n) is 11.4. The first kappa shape index (κ1) is 24.0. The molecule has 0 aliphatic rings. The molecule has 0 aliphatic heterocycles. The summed E-state index contributed by atoms with van der Waals surface area (Å²) >= 11 is 0. The molecule has 0 fully saturated rings. The summed E-state index contributed by atoms with van der Waals surface area (Å²) in [4.78, 5) is 0. The first-order valence-corrected chi connectivity index (χ1v) is 11.4. The van der Waals surface area contributed by atoms with Crippen LogP contribution in [0.2, 0.25) is 0 Å². The van der Waals surface area contributed by atoms with Crippen LogP contribution in [0.3, 0.4) is 0 Å². The van der Waals surface area contributed by atoms with Crippen LogP contribution in [0.25, 0.3) is 0 Å². The van der Waals surface area contributed by atoms with Gasteiger partial charge in [0.2, 0.25) is 0 Å². The summed E-state index contributed by atoms with van der Waals surface area (Å²) in [6.07, 6.45) is 28.3. The lowest BCUT2D eigenvalue weighted by molar-refractivity contribution is 0.481. The van der Waals surface area contributed by atoms with Gasteiger partial charge in [0.05, 0.1) is 0 Å². The van der Waals surface area contributed by atoms with Crippen molar-refractivity contribution >= 4 is 0 Å². The van der Waals surface area contributed by atoms with Gasteiger partial charge in [0, 0.05) is 0 Å². The molecule has 1 atom stereocenters. The Labute approximate surface area is 155 Å². The van der Waals surface area contributed by atoms with Crippen LogP contribution in [0.1, 0.15) is 135 Å². The van der Waals surface area contributed by atoms with Gasteiger partial charge in [-0.15, -0.1) is 0 Å². The van der Waals surface area contributed by atoms with Crippen molar-refractivity contribution < 1.29 is 0 Å². The minimum absolute atomic E-state index is 0.837. The van der Waals surface area contributed by atoms with Crippen molar-refractivity contribution in [2.45, 2.75) is 135 Å². The van der Waals surface area contributed by atoms with Gasteiger partial charge in [-0.2, -0.15) is 0 Å². The van der Waals surface area contributed by atoms with E-state index in [1.807, 2.05) is 0 Å². The first-order chi connectivity index (χ1) is 11.8. The molecule has 0 bridgehead atoms. The fourth-order valence-corrected chi connectivity index (χ4v) is 3.47. The molecule has 0 spiro atoms. The highest BCUT2D eigenvalue weighted by Crippen LogP contribution is 2.16. The lowest BCUT2D eigenvalue weighted by atomic mass is 9.99. The zero-order chi connectivity index (χ0) is 17.7. The van der Waals surface area contributed by atoms with Crippen molar-refractivity contribution in [3.8, 4) is 0 Å². The van der Waals surface area contributed by atoms with Crippen molar-refractivity contribution in [3.05, 3.63) is 13.8 Å². The zero-order valence-corrected chi connectivity index (χ0v) is 17.1. The Morgan fingerprint density at radius 1 is 0.458 bits per heavy atom. The van der Waals surface area contributed by atoms with E-state index in [2.05, 4.69) is 20.8 Å². The maximum absolute atomic E-state index is 3.98. The third kappa shape index (κ3) is 20.0. The quantitative estimate of drug-likeness (QED) is 0.194. The van der Waals surface area contributed by atoms with Crippen LogP contribution >= 0.6 is 0 Å². The lowest BCUT2D eigenvalue weighted by Gasteiger charge is -2.07. The van der Waals surface area contributed by atoms with Gasteiger partial charge in [-0.05, 0) is 5.92 Å². The van der Waals surface area contributed by atoms with Crippen LogP contribution in [-0.4, -0.2) is 0 Å². The molecule has 24 heavy (non-hydrogen) atoms. The summed E-state index contributed by atoms with van der Waals surface area (Å²) in [5.41, 5.74) is 0. The second kappa shape index (κ2) is 21.0. The maximum atomic E-state index is 3.98. The molecule has 0 aromatic heterocycles. The zero-order valence-electron chi connectivity index (χ0n) is 17.1. The van der Waals surface area contributed by atoms with Crippen LogP contribution in [0, 0.1) is 19.8 Å². The molecule has 144 valence electrons. The van der Waals surface area contributed by atoms with Gasteiger partial charge in [0.15, 0.2) is 0 Å². The SMILES string of the molecule is [CH2]CCCCCCCCCCCCCCCCCCCC(C)C[CH2]. The number of hydrogen-bond donors (Lipinski definition) is 0. The van der Waals surface area contributed by atoms with Gasteiger partial charge in [-0.25, -0.2) is 0 Å². The largest absolute Gasteiger partial charge is 0.0625 e. The average molecular weight is 337 g/mol. The highest BCUT2D eigenvalue weighted by atomic mass is 14.0. The van der Waals surface area contributed by atoms with Crippen molar-refractivity contribution in [2.75, 3.05) is 0 Å². The summed E-state index contributed by atoms with van der Waals surface area (Å²) in [6.45, 7) is 10.2. The average Bonchev–Trinajstić information content (AvgIpc) is 2.60. The van der Waals surface area contributed by atoms with E-state index >= 15 is 0 Å². The Morgan fingerprint density at radius 2 is 0.750 bits per heavy atom. The number of hydrogen-bond acceptors (Lipinski definition) is 0. The molecule has 1 unspecified atom stereocenters. The fraction of sp³-hybridized carbons (Fsp3) is 0.917. The van der Waals surface area contributed by atoms with Gasteiger partial charge >= 0.3 is 0 Å². The van der Waals surface area contributed by atoms with Gasteiger partial charge < -0.3 is 0 Å². The summed E-state index contributed by atoms with van der Waals surface area (Å²) in [5.74, 6) is 0.837. The van der Waals surface area contributed by atoms with E-state index in [0.717, 1.165) is 18.8 Å². The summed E-state index contributed by atoms with van der Waals surface area (Å²) in [6, 6.07) is 0. The fourth-order valence-electron chi connectivity index (χ4n) is 3.47. The molecule has 0 aliphatic carbocycles. The van der Waals surface area contributed by atoms with E-state index in [-0.39, 0.29) is 0 Å². The predicted molar refractivity (Wildman–Crippen MR) is 112 cm³/mol. The van der Waals surface area contributed by atoms with E-state index in [4.69, 9.17) is 0 Å². The van der Waals surface area contributed by atoms with Crippen LogP contribution < -0.4 is 0 Å². The predicted octanol–water partition coefficient (Wildman–Crippen LogP) is 9.09. The van der Waals surface area contributed by atoms with Gasteiger partial charge in [0.1, 0.15) is 0 Å². The van der Waals surface area contributed by atoms with Crippen LogP contribution in [0.15, 0.2) is 0 Å². The molecule has 0 N–H and O–H groups in total. The third-order valence-electron chi connectivity index (χ3n) is 5.44. The molecule has 0 rings (SSSR count).